The maximum Gasteiger partial charge on any atom is 0.245 e. The molecule has 0 bridgehead atoms. The van der Waals surface area contributed by atoms with Gasteiger partial charge in [0.2, 0.25) is 5.88 Å². The normalized spacial score (nSPS) is 19.2. The zero-order valence-corrected chi connectivity index (χ0v) is 21.2. The minimum atomic E-state index is -0.245. The van der Waals surface area contributed by atoms with Crippen molar-refractivity contribution in [3.8, 4) is 17.3 Å². The minimum absolute atomic E-state index is 0.189. The van der Waals surface area contributed by atoms with Crippen molar-refractivity contribution in [1.82, 2.24) is 29.4 Å². The average Bonchev–Trinajstić information content (AvgIpc) is 3.24. The topological polar surface area (TPSA) is 89.2 Å². The summed E-state index contributed by atoms with van der Waals surface area (Å²) in [6.07, 6.45) is 5.92. The van der Waals surface area contributed by atoms with Crippen LogP contribution in [-0.4, -0.2) is 59.3 Å². The Kier molecular flexibility index (Phi) is 5.90. The highest BCUT2D eigenvalue weighted by Crippen LogP contribution is 2.41. The highest BCUT2D eigenvalue weighted by atomic mass is 35.5. The Balaban J connectivity index is 1.42. The third-order valence-corrected chi connectivity index (χ3v) is 7.33. The molecule has 0 amide bonds. The zero-order chi connectivity index (χ0) is 24.9. The van der Waals surface area contributed by atoms with Gasteiger partial charge in [-0.1, -0.05) is 17.7 Å². The lowest BCUT2D eigenvalue weighted by Gasteiger charge is -2.16. The van der Waals surface area contributed by atoms with Gasteiger partial charge in [-0.05, 0) is 68.5 Å². The molecule has 1 aliphatic heterocycles. The number of aryl methyl sites for hydroxylation is 1. The summed E-state index contributed by atoms with van der Waals surface area (Å²) in [6.45, 7) is 6.97. The molecule has 1 aromatic carbocycles. The van der Waals surface area contributed by atoms with Gasteiger partial charge >= 0.3 is 0 Å². The number of hydrogen-bond donors (Lipinski definition) is 1. The molecule has 0 unspecified atom stereocenters. The van der Waals surface area contributed by atoms with Gasteiger partial charge < -0.3 is 14.4 Å². The molecule has 2 aliphatic rings. The van der Waals surface area contributed by atoms with E-state index < -0.39 is 0 Å². The lowest BCUT2D eigenvalue weighted by molar-refractivity contribution is 0.175. The fraction of sp³-hybridized carbons (Fsp3) is 0.407. The van der Waals surface area contributed by atoms with Crippen LogP contribution in [0.1, 0.15) is 43.0 Å². The number of benzene rings is 1. The molecule has 8 nitrogen and oxygen atoms in total. The van der Waals surface area contributed by atoms with Crippen molar-refractivity contribution in [3.05, 3.63) is 64.7 Å². The summed E-state index contributed by atoms with van der Waals surface area (Å²) in [4.78, 5) is 20.8. The Labute approximate surface area is 214 Å². The van der Waals surface area contributed by atoms with Gasteiger partial charge in [-0.3, -0.25) is 9.88 Å². The van der Waals surface area contributed by atoms with Gasteiger partial charge in [-0.2, -0.15) is 4.98 Å². The third-order valence-electron chi connectivity index (χ3n) is 7.02. The first kappa shape index (κ1) is 23.3. The Bertz CT molecular complexity index is 1430. The molecule has 1 aliphatic carbocycles. The summed E-state index contributed by atoms with van der Waals surface area (Å²) in [5.74, 6) is 1.20. The van der Waals surface area contributed by atoms with Crippen molar-refractivity contribution in [3.63, 3.8) is 0 Å². The van der Waals surface area contributed by atoms with Crippen molar-refractivity contribution in [2.45, 2.75) is 57.9 Å². The summed E-state index contributed by atoms with van der Waals surface area (Å²) in [6, 6.07) is 10.1. The number of fused-ring (bicyclic) bond motifs is 1. The van der Waals surface area contributed by atoms with Gasteiger partial charge in [0.05, 0.1) is 23.4 Å². The quantitative estimate of drug-likeness (QED) is 0.399. The molecule has 0 spiro atoms. The van der Waals surface area contributed by atoms with Gasteiger partial charge in [0.1, 0.15) is 17.8 Å². The van der Waals surface area contributed by atoms with E-state index in [2.05, 4.69) is 45.8 Å². The predicted octanol–water partition coefficient (Wildman–Crippen LogP) is 4.40. The van der Waals surface area contributed by atoms with Gasteiger partial charge in [-0.15, -0.1) is 0 Å². The summed E-state index contributed by atoms with van der Waals surface area (Å²) in [7, 11) is 0. The smallest absolute Gasteiger partial charge is 0.245 e. The van der Waals surface area contributed by atoms with Crippen LogP contribution >= 0.6 is 11.6 Å². The summed E-state index contributed by atoms with van der Waals surface area (Å²) >= 11 is 6.86. The summed E-state index contributed by atoms with van der Waals surface area (Å²) < 4.78 is 8.27. The molecule has 4 heterocycles. The van der Waals surface area contributed by atoms with Crippen molar-refractivity contribution in [2.24, 2.45) is 0 Å². The molecular formula is C27H29ClN6O2. The number of rotatable bonds is 7. The number of aromatic nitrogens is 5. The number of imidazole rings is 1. The maximum absolute atomic E-state index is 9.85. The second-order valence-corrected chi connectivity index (χ2v) is 10.6. The monoisotopic (exact) mass is 504 g/mol. The molecule has 6 rings (SSSR count). The molecule has 36 heavy (non-hydrogen) atoms. The van der Waals surface area contributed by atoms with Crippen LogP contribution in [0.3, 0.4) is 0 Å². The SMILES string of the molecule is Cc1ccnc(Cn2c(-c3ccc(CN4CC[C@@H](O)C4)cc3Cl)nc3c(OC4(C)CC4)ncnc32)c1. The lowest BCUT2D eigenvalue weighted by atomic mass is 10.1. The number of hydrogen-bond acceptors (Lipinski definition) is 7. The fourth-order valence-electron chi connectivity index (χ4n) is 4.76. The molecule has 1 saturated heterocycles. The van der Waals surface area contributed by atoms with Crippen LogP contribution in [0, 0.1) is 6.92 Å². The molecule has 4 aromatic rings. The van der Waals surface area contributed by atoms with Crippen LogP contribution in [0.5, 0.6) is 5.88 Å². The first-order valence-electron chi connectivity index (χ1n) is 12.4. The van der Waals surface area contributed by atoms with E-state index in [0.29, 0.717) is 41.0 Å². The van der Waals surface area contributed by atoms with E-state index in [9.17, 15) is 5.11 Å². The first-order chi connectivity index (χ1) is 17.4. The van der Waals surface area contributed by atoms with Crippen LogP contribution < -0.4 is 4.74 Å². The highest BCUT2D eigenvalue weighted by Gasteiger charge is 2.41. The molecule has 9 heteroatoms. The number of aliphatic hydroxyl groups excluding tert-OH is 1. The fourth-order valence-corrected chi connectivity index (χ4v) is 5.04. The minimum Gasteiger partial charge on any atom is -0.470 e. The van der Waals surface area contributed by atoms with Crippen molar-refractivity contribution < 1.29 is 9.84 Å². The zero-order valence-electron chi connectivity index (χ0n) is 20.5. The van der Waals surface area contributed by atoms with E-state index in [4.69, 9.17) is 21.3 Å². The second kappa shape index (κ2) is 9.10. The van der Waals surface area contributed by atoms with E-state index in [1.54, 1.807) is 0 Å². The molecule has 1 N–H and O–H groups in total. The average molecular weight is 505 g/mol. The van der Waals surface area contributed by atoms with Gasteiger partial charge in [0.25, 0.3) is 0 Å². The first-order valence-corrected chi connectivity index (χ1v) is 12.8. The predicted molar refractivity (Wildman–Crippen MR) is 138 cm³/mol. The molecule has 1 atom stereocenters. The van der Waals surface area contributed by atoms with Crippen molar-refractivity contribution >= 4 is 22.8 Å². The lowest BCUT2D eigenvalue weighted by Crippen LogP contribution is -2.21. The van der Waals surface area contributed by atoms with Crippen LogP contribution in [0.2, 0.25) is 5.02 Å². The van der Waals surface area contributed by atoms with Gasteiger partial charge in [0, 0.05) is 31.4 Å². The van der Waals surface area contributed by atoms with Crippen LogP contribution in [0.15, 0.2) is 42.9 Å². The number of halogens is 1. The van der Waals surface area contributed by atoms with E-state index in [1.807, 2.05) is 29.0 Å². The Morgan fingerprint density at radius 3 is 2.72 bits per heavy atom. The van der Waals surface area contributed by atoms with Gasteiger partial charge in [0.15, 0.2) is 11.2 Å². The largest absolute Gasteiger partial charge is 0.470 e. The molecule has 0 radical (unpaired) electrons. The number of ether oxygens (including phenoxy) is 1. The number of likely N-dealkylation sites (tertiary alicyclic amines) is 1. The highest BCUT2D eigenvalue weighted by molar-refractivity contribution is 6.33. The Morgan fingerprint density at radius 1 is 1.14 bits per heavy atom. The number of nitrogens with zero attached hydrogens (tertiary/aromatic N) is 6. The second-order valence-electron chi connectivity index (χ2n) is 10.2. The van der Waals surface area contributed by atoms with Gasteiger partial charge in [-0.25, -0.2) is 9.97 Å². The Hall–Kier alpha value is -3.07. The molecule has 1 saturated carbocycles. The number of β-amino-alcohol motifs (C(OH)–C–C–N with tert-alkyl or cyclic N) is 1. The molecule has 3 aromatic heterocycles. The van der Waals surface area contributed by atoms with Crippen molar-refractivity contribution in [2.75, 3.05) is 13.1 Å². The maximum atomic E-state index is 9.85. The molecular weight excluding hydrogens is 476 g/mol. The Morgan fingerprint density at radius 2 is 2.00 bits per heavy atom. The molecule has 186 valence electrons. The number of pyridine rings is 1. The summed E-state index contributed by atoms with van der Waals surface area (Å²) in [5.41, 5.74) is 5.09. The van der Waals surface area contributed by atoms with Crippen LogP contribution in [0.4, 0.5) is 0 Å². The van der Waals surface area contributed by atoms with E-state index in [1.165, 1.54) is 6.33 Å². The van der Waals surface area contributed by atoms with E-state index in [0.717, 1.165) is 54.7 Å². The number of aliphatic hydroxyl groups is 1. The van der Waals surface area contributed by atoms with E-state index >= 15 is 0 Å². The summed E-state index contributed by atoms with van der Waals surface area (Å²) in [5, 5.41) is 10.5. The van der Waals surface area contributed by atoms with Crippen molar-refractivity contribution in [1.29, 1.82) is 0 Å². The molecule has 2 fully saturated rings. The van der Waals surface area contributed by atoms with E-state index in [-0.39, 0.29) is 11.7 Å². The van der Waals surface area contributed by atoms with Crippen LogP contribution in [-0.2, 0) is 13.1 Å². The third kappa shape index (κ3) is 4.68. The standard InChI is InChI=1S/C27H29ClN6O2/c1-17-5-9-29-19(11-17)14-34-24(32-23-25(34)30-16-31-26(23)36-27(2)7-8-27)21-4-3-18(12-22(21)28)13-33-10-6-20(35)15-33/h3-5,9,11-12,16,20,35H,6-8,10,13-15H2,1-2H3/t20-/m1/s1. The van der Waals surface area contributed by atoms with Crippen LogP contribution in [0.25, 0.3) is 22.6 Å².